The van der Waals surface area contributed by atoms with Crippen molar-refractivity contribution in [1.29, 1.82) is 0 Å². The number of sulfonamides is 1. The van der Waals surface area contributed by atoms with E-state index in [1.807, 2.05) is 12.1 Å². The number of thioether (sulfide) groups is 1. The van der Waals surface area contributed by atoms with Gasteiger partial charge in [0, 0.05) is 36.0 Å². The lowest BCUT2D eigenvalue weighted by Gasteiger charge is -2.26. The maximum atomic E-state index is 13.1. The van der Waals surface area contributed by atoms with Crippen molar-refractivity contribution in [1.82, 2.24) is 19.1 Å². The van der Waals surface area contributed by atoms with Crippen LogP contribution < -0.4 is 0 Å². The summed E-state index contributed by atoms with van der Waals surface area (Å²) in [5.41, 5.74) is 2.27. The average Bonchev–Trinajstić information content (AvgIpc) is 3.44. The van der Waals surface area contributed by atoms with E-state index in [-0.39, 0.29) is 4.90 Å². The second kappa shape index (κ2) is 9.82. The summed E-state index contributed by atoms with van der Waals surface area (Å²) in [7, 11) is -3.57. The van der Waals surface area contributed by atoms with Crippen LogP contribution in [0.25, 0.3) is 11.4 Å². The molecule has 0 atom stereocenters. The predicted molar refractivity (Wildman–Crippen MR) is 118 cm³/mol. The molecule has 2 heterocycles. The van der Waals surface area contributed by atoms with Crippen LogP contribution in [0.5, 0.6) is 0 Å². The van der Waals surface area contributed by atoms with Crippen molar-refractivity contribution in [2.75, 3.05) is 32.1 Å². The molecule has 1 saturated carbocycles. The van der Waals surface area contributed by atoms with Crippen LogP contribution in [0.3, 0.4) is 0 Å². The van der Waals surface area contributed by atoms with Gasteiger partial charge in [0.1, 0.15) is 0 Å². The van der Waals surface area contributed by atoms with Crippen LogP contribution in [0.15, 0.2) is 45.9 Å². The molecule has 2 aliphatic rings. The zero-order valence-corrected chi connectivity index (χ0v) is 19.0. The fourth-order valence-corrected chi connectivity index (χ4v) is 6.42. The van der Waals surface area contributed by atoms with E-state index in [0.717, 1.165) is 29.4 Å². The molecule has 162 valence electrons. The second-order valence-electron chi connectivity index (χ2n) is 7.33. The normalized spacial score (nSPS) is 19.1. The Kier molecular flexibility index (Phi) is 7.15. The predicted octanol–water partition coefficient (Wildman–Crippen LogP) is 3.93. The van der Waals surface area contributed by atoms with E-state index < -0.39 is 10.0 Å². The highest BCUT2D eigenvalue weighted by atomic mass is 35.5. The van der Waals surface area contributed by atoms with Gasteiger partial charge in [-0.15, -0.1) is 10.2 Å². The van der Waals surface area contributed by atoms with Crippen LogP contribution in [0.2, 0.25) is 0 Å². The van der Waals surface area contributed by atoms with Crippen molar-refractivity contribution in [2.24, 2.45) is 0 Å². The van der Waals surface area contributed by atoms with Crippen LogP contribution in [0.1, 0.15) is 31.7 Å². The average molecular weight is 469 g/mol. The van der Waals surface area contributed by atoms with Gasteiger partial charge in [0.05, 0.1) is 18.1 Å². The lowest BCUT2D eigenvalue weighted by molar-refractivity contribution is 0.0730. The maximum absolute atomic E-state index is 13.1. The molecule has 0 radical (unpaired) electrons. The first kappa shape index (κ1) is 21.8. The third-order valence-electron chi connectivity index (χ3n) is 5.45. The van der Waals surface area contributed by atoms with Crippen LogP contribution in [-0.2, 0) is 14.8 Å². The summed E-state index contributed by atoms with van der Waals surface area (Å²) in [5, 5.41) is 9.71. The van der Waals surface area contributed by atoms with Crippen LogP contribution in [-0.4, -0.2) is 59.5 Å². The SMILES string of the molecule is O=S(=O)(c1cccc(-c2nnc(SC/C=C/Cl)n2C2CCCC2)c1)N1CCOCC1. The van der Waals surface area contributed by atoms with Gasteiger partial charge in [-0.1, -0.05) is 54.4 Å². The Morgan fingerprint density at radius 1 is 1.20 bits per heavy atom. The largest absolute Gasteiger partial charge is 0.379 e. The number of morpholine rings is 1. The monoisotopic (exact) mass is 468 g/mol. The van der Waals surface area contributed by atoms with Gasteiger partial charge >= 0.3 is 0 Å². The molecule has 1 saturated heterocycles. The third-order valence-corrected chi connectivity index (χ3v) is 8.42. The van der Waals surface area contributed by atoms with E-state index >= 15 is 0 Å². The van der Waals surface area contributed by atoms with Crippen LogP contribution in [0.4, 0.5) is 0 Å². The van der Waals surface area contributed by atoms with Crippen LogP contribution >= 0.6 is 23.4 Å². The minimum atomic E-state index is -3.57. The molecule has 10 heteroatoms. The number of ether oxygens (including phenoxy) is 1. The fraction of sp³-hybridized carbons (Fsp3) is 0.500. The molecule has 1 aliphatic heterocycles. The highest BCUT2D eigenvalue weighted by Crippen LogP contribution is 2.37. The van der Waals surface area contributed by atoms with Crippen molar-refractivity contribution in [3.8, 4) is 11.4 Å². The molecule has 7 nitrogen and oxygen atoms in total. The van der Waals surface area contributed by atoms with E-state index in [9.17, 15) is 8.42 Å². The van der Waals surface area contributed by atoms with Gasteiger partial charge in [-0.25, -0.2) is 8.42 Å². The number of benzene rings is 1. The van der Waals surface area contributed by atoms with Crippen molar-refractivity contribution >= 4 is 33.4 Å². The molecule has 0 amide bonds. The summed E-state index contributed by atoms with van der Waals surface area (Å²) in [6, 6.07) is 7.37. The van der Waals surface area contributed by atoms with Gasteiger partial charge in [0.15, 0.2) is 11.0 Å². The molecule has 1 aromatic carbocycles. The van der Waals surface area contributed by atoms with E-state index in [0.29, 0.717) is 38.1 Å². The first-order chi connectivity index (χ1) is 14.6. The Morgan fingerprint density at radius 3 is 2.70 bits per heavy atom. The molecule has 0 spiro atoms. The van der Waals surface area contributed by atoms with Gasteiger partial charge in [-0.3, -0.25) is 4.57 Å². The number of rotatable bonds is 7. The molecular weight excluding hydrogens is 444 g/mol. The van der Waals surface area contributed by atoms with Crippen LogP contribution in [0, 0.1) is 0 Å². The minimum absolute atomic E-state index is 0.280. The van der Waals surface area contributed by atoms with Gasteiger partial charge < -0.3 is 4.74 Å². The summed E-state index contributed by atoms with van der Waals surface area (Å²) in [6.07, 6.45) is 6.39. The number of nitrogens with zero attached hydrogens (tertiary/aromatic N) is 4. The Morgan fingerprint density at radius 2 is 1.97 bits per heavy atom. The van der Waals surface area contributed by atoms with Gasteiger partial charge in [0.2, 0.25) is 10.0 Å². The number of hydrogen-bond donors (Lipinski definition) is 0. The molecular formula is C20H25ClN4O3S2. The summed E-state index contributed by atoms with van der Waals surface area (Å²) in [4.78, 5) is 0.280. The Bertz CT molecular complexity index is 997. The number of aromatic nitrogens is 3. The Hall–Kier alpha value is -1.39. The maximum Gasteiger partial charge on any atom is 0.243 e. The van der Waals surface area contributed by atoms with E-state index in [2.05, 4.69) is 14.8 Å². The molecule has 30 heavy (non-hydrogen) atoms. The van der Waals surface area contributed by atoms with Gasteiger partial charge in [-0.2, -0.15) is 4.31 Å². The summed E-state index contributed by atoms with van der Waals surface area (Å²) >= 11 is 7.24. The minimum Gasteiger partial charge on any atom is -0.379 e. The molecule has 1 aliphatic carbocycles. The first-order valence-corrected chi connectivity index (χ1v) is 13.0. The van der Waals surface area contributed by atoms with Crippen molar-refractivity contribution in [3.05, 3.63) is 35.9 Å². The van der Waals surface area contributed by atoms with Crippen molar-refractivity contribution in [2.45, 2.75) is 41.8 Å². The molecule has 0 unspecified atom stereocenters. The smallest absolute Gasteiger partial charge is 0.243 e. The third kappa shape index (κ3) is 4.60. The van der Waals surface area contributed by atoms with Crippen molar-refractivity contribution < 1.29 is 13.2 Å². The van der Waals surface area contributed by atoms with Crippen molar-refractivity contribution in [3.63, 3.8) is 0 Å². The highest BCUT2D eigenvalue weighted by molar-refractivity contribution is 7.99. The second-order valence-corrected chi connectivity index (χ2v) is 10.5. The Balaban J connectivity index is 1.69. The first-order valence-electron chi connectivity index (χ1n) is 10.1. The zero-order valence-electron chi connectivity index (χ0n) is 16.6. The summed E-state index contributed by atoms with van der Waals surface area (Å²) < 4.78 is 35.2. The van der Waals surface area contributed by atoms with E-state index in [1.54, 1.807) is 30.0 Å². The molecule has 0 bridgehead atoms. The highest BCUT2D eigenvalue weighted by Gasteiger charge is 2.28. The topological polar surface area (TPSA) is 77.3 Å². The quantitative estimate of drug-likeness (QED) is 0.573. The number of halogens is 1. The summed E-state index contributed by atoms with van der Waals surface area (Å²) in [6.45, 7) is 1.60. The molecule has 4 rings (SSSR count). The standard InChI is InChI=1S/C20H25ClN4O3S2/c21-9-4-14-29-20-23-22-19(25(20)17-6-1-2-7-17)16-5-3-8-18(15-16)30(26,27)24-10-12-28-13-11-24/h3-5,8-9,15,17H,1-2,6-7,10-14H2/b9-4+. The fourth-order valence-electron chi connectivity index (χ4n) is 3.95. The van der Waals surface area contributed by atoms with E-state index in [4.69, 9.17) is 16.3 Å². The summed E-state index contributed by atoms with van der Waals surface area (Å²) in [5.74, 6) is 1.43. The zero-order chi connectivity index (χ0) is 21.0. The Labute approximate surface area is 186 Å². The molecule has 2 aromatic rings. The molecule has 1 aromatic heterocycles. The lowest BCUT2D eigenvalue weighted by atomic mass is 10.2. The lowest BCUT2D eigenvalue weighted by Crippen LogP contribution is -2.40. The van der Waals surface area contributed by atoms with Gasteiger partial charge in [-0.05, 0) is 25.0 Å². The molecule has 2 fully saturated rings. The molecule has 0 N–H and O–H groups in total. The van der Waals surface area contributed by atoms with E-state index in [1.165, 1.54) is 22.7 Å². The van der Waals surface area contributed by atoms with Gasteiger partial charge in [0.25, 0.3) is 0 Å². The number of hydrogen-bond acceptors (Lipinski definition) is 6.